The maximum atomic E-state index is 12.3. The van der Waals surface area contributed by atoms with Crippen molar-refractivity contribution in [1.82, 2.24) is 9.62 Å². The Hall–Kier alpha value is -1.64. The van der Waals surface area contributed by atoms with Gasteiger partial charge in [-0.05, 0) is 24.3 Å². The van der Waals surface area contributed by atoms with E-state index in [9.17, 15) is 13.2 Å². The van der Waals surface area contributed by atoms with Crippen molar-refractivity contribution in [3.05, 3.63) is 29.8 Å². The molecule has 7 nitrogen and oxygen atoms in total. The SMILES string of the molecule is COc1ccc(C(=O)NC2COCC2CS(=O)(=O)N(C)C)cc1. The molecule has 2 unspecified atom stereocenters. The molecule has 1 aliphatic rings. The van der Waals surface area contributed by atoms with E-state index in [0.717, 1.165) is 0 Å². The van der Waals surface area contributed by atoms with Gasteiger partial charge in [0.15, 0.2) is 0 Å². The quantitative estimate of drug-likeness (QED) is 0.805. The first-order chi connectivity index (χ1) is 10.8. The molecule has 1 saturated heterocycles. The van der Waals surface area contributed by atoms with Crippen LogP contribution in [-0.4, -0.2) is 64.8 Å². The first-order valence-electron chi connectivity index (χ1n) is 7.26. The normalized spacial score (nSPS) is 21.4. The summed E-state index contributed by atoms with van der Waals surface area (Å²) in [4.78, 5) is 12.3. The molecule has 8 heteroatoms. The second kappa shape index (κ2) is 7.29. The number of hydrogen-bond acceptors (Lipinski definition) is 5. The van der Waals surface area contributed by atoms with Crippen LogP contribution in [0, 0.1) is 5.92 Å². The summed E-state index contributed by atoms with van der Waals surface area (Å²) in [5.74, 6) is 0.105. The van der Waals surface area contributed by atoms with Crippen LogP contribution in [0.4, 0.5) is 0 Å². The number of amides is 1. The largest absolute Gasteiger partial charge is 0.497 e. The van der Waals surface area contributed by atoms with Crippen molar-refractivity contribution in [2.45, 2.75) is 6.04 Å². The van der Waals surface area contributed by atoms with Crippen LogP contribution in [0.15, 0.2) is 24.3 Å². The Bertz CT molecular complexity index is 642. The average Bonchev–Trinajstić information content (AvgIpc) is 2.93. The van der Waals surface area contributed by atoms with Gasteiger partial charge in [-0.15, -0.1) is 0 Å². The summed E-state index contributed by atoms with van der Waals surface area (Å²) in [7, 11) is 1.21. The van der Waals surface area contributed by atoms with Crippen LogP contribution in [0.5, 0.6) is 5.75 Å². The summed E-state index contributed by atoms with van der Waals surface area (Å²) in [5.41, 5.74) is 0.493. The van der Waals surface area contributed by atoms with Crippen LogP contribution in [0.1, 0.15) is 10.4 Å². The van der Waals surface area contributed by atoms with E-state index in [-0.39, 0.29) is 23.6 Å². The first-order valence-corrected chi connectivity index (χ1v) is 8.87. The van der Waals surface area contributed by atoms with E-state index in [1.807, 2.05) is 0 Å². The first kappa shape index (κ1) is 17.7. The molecule has 0 radical (unpaired) electrons. The van der Waals surface area contributed by atoms with Crippen LogP contribution in [0.3, 0.4) is 0 Å². The van der Waals surface area contributed by atoms with Crippen molar-refractivity contribution >= 4 is 15.9 Å². The number of carbonyl (C=O) groups excluding carboxylic acids is 1. The van der Waals surface area contributed by atoms with Crippen molar-refractivity contribution < 1.29 is 22.7 Å². The Morgan fingerprint density at radius 3 is 2.52 bits per heavy atom. The van der Waals surface area contributed by atoms with Gasteiger partial charge < -0.3 is 14.8 Å². The summed E-state index contributed by atoms with van der Waals surface area (Å²) in [6.45, 7) is 0.635. The van der Waals surface area contributed by atoms with Crippen LogP contribution in [-0.2, 0) is 14.8 Å². The molecular formula is C15H22N2O5S. The third-order valence-corrected chi connectivity index (χ3v) is 5.81. The predicted octanol–water partition coefficient (Wildman–Crippen LogP) is 0.331. The fourth-order valence-corrected chi connectivity index (χ4v) is 3.50. The number of carbonyl (C=O) groups is 1. The van der Waals surface area contributed by atoms with Gasteiger partial charge in [-0.2, -0.15) is 0 Å². The van der Waals surface area contributed by atoms with E-state index in [0.29, 0.717) is 24.5 Å². The maximum Gasteiger partial charge on any atom is 0.251 e. The van der Waals surface area contributed by atoms with Crippen molar-refractivity contribution in [3.8, 4) is 5.75 Å². The van der Waals surface area contributed by atoms with Crippen molar-refractivity contribution in [2.24, 2.45) is 5.92 Å². The van der Waals surface area contributed by atoms with Crippen LogP contribution in [0.25, 0.3) is 0 Å². The number of rotatable bonds is 6. The fourth-order valence-electron chi connectivity index (χ4n) is 2.34. The van der Waals surface area contributed by atoms with Gasteiger partial charge in [-0.1, -0.05) is 0 Å². The molecule has 2 rings (SSSR count). The third-order valence-electron chi connectivity index (χ3n) is 3.85. The van der Waals surface area contributed by atoms with E-state index in [1.54, 1.807) is 31.4 Å². The Morgan fingerprint density at radius 1 is 1.30 bits per heavy atom. The van der Waals surface area contributed by atoms with Crippen LogP contribution in [0.2, 0.25) is 0 Å². The molecule has 1 aromatic carbocycles. The number of methoxy groups -OCH3 is 1. The lowest BCUT2D eigenvalue weighted by Gasteiger charge is -2.21. The molecule has 0 aliphatic carbocycles. The summed E-state index contributed by atoms with van der Waals surface area (Å²) in [6, 6.07) is 6.41. The highest BCUT2D eigenvalue weighted by Crippen LogP contribution is 2.18. The minimum atomic E-state index is -3.34. The minimum absolute atomic E-state index is 0.0481. The molecule has 2 atom stereocenters. The Labute approximate surface area is 136 Å². The lowest BCUT2D eigenvalue weighted by atomic mass is 10.1. The highest BCUT2D eigenvalue weighted by Gasteiger charge is 2.34. The van der Waals surface area contributed by atoms with E-state index in [2.05, 4.69) is 5.32 Å². The molecule has 1 aliphatic heterocycles. The number of nitrogens with zero attached hydrogens (tertiary/aromatic N) is 1. The molecule has 0 aromatic heterocycles. The van der Waals surface area contributed by atoms with Crippen LogP contribution >= 0.6 is 0 Å². The van der Waals surface area contributed by atoms with E-state index in [1.165, 1.54) is 18.4 Å². The summed E-state index contributed by atoms with van der Waals surface area (Å²) < 4.78 is 35.6. The zero-order valence-electron chi connectivity index (χ0n) is 13.5. The number of hydrogen-bond donors (Lipinski definition) is 1. The molecule has 1 heterocycles. The zero-order chi connectivity index (χ0) is 17.0. The molecular weight excluding hydrogens is 320 g/mol. The second-order valence-electron chi connectivity index (χ2n) is 5.67. The highest BCUT2D eigenvalue weighted by molar-refractivity contribution is 7.89. The van der Waals surface area contributed by atoms with Gasteiger partial charge in [-0.25, -0.2) is 12.7 Å². The van der Waals surface area contributed by atoms with Gasteiger partial charge in [0.25, 0.3) is 5.91 Å². The summed E-state index contributed by atoms with van der Waals surface area (Å²) in [5, 5.41) is 2.86. The summed E-state index contributed by atoms with van der Waals surface area (Å²) in [6.07, 6.45) is 0. The number of nitrogens with one attached hydrogen (secondary N) is 1. The van der Waals surface area contributed by atoms with Gasteiger partial charge in [0, 0.05) is 25.6 Å². The molecule has 128 valence electrons. The van der Waals surface area contributed by atoms with Gasteiger partial charge in [0.2, 0.25) is 10.0 Å². The Balaban J connectivity index is 2.01. The Morgan fingerprint density at radius 2 is 1.96 bits per heavy atom. The van der Waals surface area contributed by atoms with Gasteiger partial charge in [0.05, 0.1) is 32.1 Å². The molecule has 0 bridgehead atoms. The smallest absolute Gasteiger partial charge is 0.251 e. The second-order valence-corrected chi connectivity index (χ2v) is 7.89. The highest BCUT2D eigenvalue weighted by atomic mass is 32.2. The lowest BCUT2D eigenvalue weighted by molar-refractivity contribution is 0.0926. The topological polar surface area (TPSA) is 84.9 Å². The van der Waals surface area contributed by atoms with E-state index >= 15 is 0 Å². The summed E-state index contributed by atoms with van der Waals surface area (Å²) >= 11 is 0. The molecule has 0 saturated carbocycles. The van der Waals surface area contributed by atoms with Gasteiger partial charge in [-0.3, -0.25) is 4.79 Å². The molecule has 1 aromatic rings. The maximum absolute atomic E-state index is 12.3. The fraction of sp³-hybridized carbons (Fsp3) is 0.533. The molecule has 1 fully saturated rings. The lowest BCUT2D eigenvalue weighted by Crippen LogP contribution is -2.43. The van der Waals surface area contributed by atoms with Crippen molar-refractivity contribution in [2.75, 3.05) is 40.2 Å². The number of sulfonamides is 1. The average molecular weight is 342 g/mol. The van der Waals surface area contributed by atoms with Crippen molar-refractivity contribution in [3.63, 3.8) is 0 Å². The van der Waals surface area contributed by atoms with Crippen molar-refractivity contribution in [1.29, 1.82) is 0 Å². The zero-order valence-corrected chi connectivity index (χ0v) is 14.3. The minimum Gasteiger partial charge on any atom is -0.497 e. The van der Waals surface area contributed by atoms with Gasteiger partial charge in [0.1, 0.15) is 5.75 Å². The number of ether oxygens (including phenoxy) is 2. The third kappa shape index (κ3) is 4.43. The molecule has 0 spiro atoms. The number of benzene rings is 1. The molecule has 1 amide bonds. The van der Waals surface area contributed by atoms with Gasteiger partial charge >= 0.3 is 0 Å². The standard InChI is InChI=1S/C15H22N2O5S/c1-17(2)23(19,20)10-12-8-22-9-14(12)16-15(18)11-4-6-13(21-3)7-5-11/h4-7,12,14H,8-10H2,1-3H3,(H,16,18). The molecule has 1 N–H and O–H groups in total. The van der Waals surface area contributed by atoms with Crippen LogP contribution < -0.4 is 10.1 Å². The predicted molar refractivity (Wildman–Crippen MR) is 86.0 cm³/mol. The monoisotopic (exact) mass is 342 g/mol. The molecule has 23 heavy (non-hydrogen) atoms. The van der Waals surface area contributed by atoms with E-state index in [4.69, 9.17) is 9.47 Å². The Kier molecular flexibility index (Phi) is 5.61. The van der Waals surface area contributed by atoms with E-state index < -0.39 is 10.0 Å².